The molecular formula is C17H34N2. The molecule has 0 spiro atoms. The van der Waals surface area contributed by atoms with Crippen LogP contribution < -0.4 is 5.73 Å². The van der Waals surface area contributed by atoms with E-state index < -0.39 is 0 Å². The Morgan fingerprint density at radius 2 is 1.89 bits per heavy atom. The molecule has 2 nitrogen and oxygen atoms in total. The molecule has 0 aromatic heterocycles. The summed E-state index contributed by atoms with van der Waals surface area (Å²) in [6.45, 7) is 14.0. The molecule has 0 aromatic rings. The first kappa shape index (κ1) is 15.3. The molecule has 0 bridgehead atoms. The van der Waals surface area contributed by atoms with E-state index >= 15 is 0 Å². The molecule has 112 valence electrons. The SMILES string of the molecule is CC(C)CCN(C1CC1)C1(CN)CC(C)(C)CC1C. The van der Waals surface area contributed by atoms with Crippen LogP contribution in [0.15, 0.2) is 0 Å². The standard InChI is InChI=1S/C17H34N2/c1-13(2)8-9-19(15-6-7-15)17(12-18)11-16(4,5)10-14(17)3/h13-15H,6-12,18H2,1-5H3. The lowest BCUT2D eigenvalue weighted by Crippen LogP contribution is -2.57. The summed E-state index contributed by atoms with van der Waals surface area (Å²) in [7, 11) is 0. The highest BCUT2D eigenvalue weighted by atomic mass is 15.3. The summed E-state index contributed by atoms with van der Waals surface area (Å²) in [5.41, 5.74) is 7.05. The van der Waals surface area contributed by atoms with Crippen LogP contribution in [0.4, 0.5) is 0 Å². The predicted molar refractivity (Wildman–Crippen MR) is 83.1 cm³/mol. The minimum absolute atomic E-state index is 0.277. The van der Waals surface area contributed by atoms with E-state index in [9.17, 15) is 0 Å². The number of rotatable bonds is 6. The second-order valence-corrected chi connectivity index (χ2v) is 8.36. The fraction of sp³-hybridized carbons (Fsp3) is 1.00. The molecule has 2 rings (SSSR count). The third-order valence-electron chi connectivity index (χ3n) is 5.42. The average Bonchev–Trinajstić information content (AvgIpc) is 3.06. The van der Waals surface area contributed by atoms with Crippen molar-refractivity contribution in [3.05, 3.63) is 0 Å². The largest absolute Gasteiger partial charge is 0.329 e. The Morgan fingerprint density at radius 1 is 1.26 bits per heavy atom. The van der Waals surface area contributed by atoms with Gasteiger partial charge in [-0.2, -0.15) is 0 Å². The maximum absolute atomic E-state index is 6.31. The summed E-state index contributed by atoms with van der Waals surface area (Å²) in [4.78, 5) is 2.83. The van der Waals surface area contributed by atoms with E-state index in [0.29, 0.717) is 5.41 Å². The van der Waals surface area contributed by atoms with Crippen LogP contribution in [0.2, 0.25) is 0 Å². The van der Waals surface area contributed by atoms with Gasteiger partial charge in [0.25, 0.3) is 0 Å². The lowest BCUT2D eigenvalue weighted by atomic mass is 9.84. The first-order chi connectivity index (χ1) is 8.81. The molecule has 2 fully saturated rings. The number of nitrogens with two attached hydrogens (primary N) is 1. The lowest BCUT2D eigenvalue weighted by molar-refractivity contribution is 0.0463. The van der Waals surface area contributed by atoms with Gasteiger partial charge in [-0.1, -0.05) is 34.6 Å². The van der Waals surface area contributed by atoms with Crippen molar-refractivity contribution in [3.8, 4) is 0 Å². The molecule has 0 radical (unpaired) electrons. The molecule has 0 aliphatic heterocycles. The zero-order valence-electron chi connectivity index (χ0n) is 13.7. The summed E-state index contributed by atoms with van der Waals surface area (Å²) in [5, 5.41) is 0. The van der Waals surface area contributed by atoms with E-state index in [1.54, 1.807) is 0 Å². The molecule has 0 aromatic carbocycles. The Hall–Kier alpha value is -0.0800. The van der Waals surface area contributed by atoms with E-state index in [1.807, 2.05) is 0 Å². The molecule has 2 saturated carbocycles. The Kier molecular flexibility index (Phi) is 4.32. The Bertz CT molecular complexity index is 306. The predicted octanol–water partition coefficient (Wildman–Crippen LogP) is 3.65. The van der Waals surface area contributed by atoms with Gasteiger partial charge in [-0.3, -0.25) is 4.90 Å². The smallest absolute Gasteiger partial charge is 0.0365 e. The quantitative estimate of drug-likeness (QED) is 0.795. The van der Waals surface area contributed by atoms with Gasteiger partial charge in [0, 0.05) is 18.1 Å². The van der Waals surface area contributed by atoms with Crippen molar-refractivity contribution in [2.45, 2.75) is 78.3 Å². The third kappa shape index (κ3) is 3.16. The topological polar surface area (TPSA) is 29.3 Å². The van der Waals surface area contributed by atoms with Crippen molar-refractivity contribution in [1.29, 1.82) is 0 Å². The molecule has 2 atom stereocenters. The van der Waals surface area contributed by atoms with Gasteiger partial charge in [0.1, 0.15) is 0 Å². The molecular weight excluding hydrogens is 232 g/mol. The fourth-order valence-electron chi connectivity index (χ4n) is 4.42. The summed E-state index contributed by atoms with van der Waals surface area (Å²) < 4.78 is 0. The summed E-state index contributed by atoms with van der Waals surface area (Å²) in [6, 6.07) is 0.832. The van der Waals surface area contributed by atoms with Crippen LogP contribution in [0.1, 0.15) is 66.7 Å². The van der Waals surface area contributed by atoms with Gasteiger partial charge >= 0.3 is 0 Å². The summed E-state index contributed by atoms with van der Waals surface area (Å²) in [5.74, 6) is 1.53. The molecule has 2 heteroatoms. The first-order valence-corrected chi connectivity index (χ1v) is 8.27. The number of nitrogens with zero attached hydrogens (tertiary/aromatic N) is 1. The maximum Gasteiger partial charge on any atom is 0.0365 e. The molecule has 2 unspecified atom stereocenters. The molecule has 2 aliphatic rings. The zero-order chi connectivity index (χ0) is 14.3. The van der Waals surface area contributed by atoms with Crippen LogP contribution in [0.3, 0.4) is 0 Å². The second-order valence-electron chi connectivity index (χ2n) is 8.36. The van der Waals surface area contributed by atoms with E-state index in [0.717, 1.165) is 24.4 Å². The van der Waals surface area contributed by atoms with Crippen LogP contribution in [0.25, 0.3) is 0 Å². The second kappa shape index (κ2) is 5.37. The molecule has 2 aliphatic carbocycles. The monoisotopic (exact) mass is 266 g/mol. The highest BCUT2D eigenvalue weighted by Crippen LogP contribution is 2.52. The molecule has 0 amide bonds. The highest BCUT2D eigenvalue weighted by Gasteiger charge is 2.53. The highest BCUT2D eigenvalue weighted by molar-refractivity contribution is 5.09. The van der Waals surface area contributed by atoms with E-state index in [2.05, 4.69) is 39.5 Å². The van der Waals surface area contributed by atoms with Gasteiger partial charge in [0.15, 0.2) is 0 Å². The van der Waals surface area contributed by atoms with E-state index in [1.165, 1.54) is 38.6 Å². The van der Waals surface area contributed by atoms with Crippen LogP contribution in [0, 0.1) is 17.3 Å². The lowest BCUT2D eigenvalue weighted by Gasteiger charge is -2.45. The van der Waals surface area contributed by atoms with Crippen molar-refractivity contribution in [2.24, 2.45) is 23.0 Å². The van der Waals surface area contributed by atoms with Crippen molar-refractivity contribution < 1.29 is 0 Å². The van der Waals surface area contributed by atoms with Crippen LogP contribution in [0.5, 0.6) is 0 Å². The normalized spacial score (nSPS) is 34.4. The van der Waals surface area contributed by atoms with Gasteiger partial charge in [0.2, 0.25) is 0 Å². The third-order valence-corrected chi connectivity index (χ3v) is 5.42. The van der Waals surface area contributed by atoms with Gasteiger partial charge < -0.3 is 5.73 Å². The van der Waals surface area contributed by atoms with Gasteiger partial charge in [-0.05, 0) is 55.9 Å². The molecule has 0 heterocycles. The fourth-order valence-corrected chi connectivity index (χ4v) is 4.42. The molecule has 19 heavy (non-hydrogen) atoms. The molecule has 0 saturated heterocycles. The maximum atomic E-state index is 6.31. The minimum Gasteiger partial charge on any atom is -0.329 e. The van der Waals surface area contributed by atoms with Crippen LogP contribution >= 0.6 is 0 Å². The minimum atomic E-state index is 0.277. The van der Waals surface area contributed by atoms with Crippen molar-refractivity contribution in [1.82, 2.24) is 4.90 Å². The number of hydrogen-bond acceptors (Lipinski definition) is 2. The number of hydrogen-bond donors (Lipinski definition) is 1. The summed E-state index contributed by atoms with van der Waals surface area (Å²) >= 11 is 0. The van der Waals surface area contributed by atoms with E-state index in [4.69, 9.17) is 5.73 Å². The Labute approximate surface area is 120 Å². The van der Waals surface area contributed by atoms with Crippen molar-refractivity contribution in [2.75, 3.05) is 13.1 Å². The molecule has 2 N–H and O–H groups in total. The van der Waals surface area contributed by atoms with Crippen molar-refractivity contribution >= 4 is 0 Å². The van der Waals surface area contributed by atoms with Crippen LogP contribution in [-0.4, -0.2) is 29.6 Å². The zero-order valence-corrected chi connectivity index (χ0v) is 13.7. The van der Waals surface area contributed by atoms with Crippen molar-refractivity contribution in [3.63, 3.8) is 0 Å². The van der Waals surface area contributed by atoms with Crippen LogP contribution in [-0.2, 0) is 0 Å². The van der Waals surface area contributed by atoms with E-state index in [-0.39, 0.29) is 5.54 Å². The van der Waals surface area contributed by atoms with Gasteiger partial charge in [-0.15, -0.1) is 0 Å². The Morgan fingerprint density at radius 3 is 2.26 bits per heavy atom. The summed E-state index contributed by atoms with van der Waals surface area (Å²) in [6.07, 6.45) is 6.72. The first-order valence-electron chi connectivity index (χ1n) is 8.27. The average molecular weight is 266 g/mol. The Balaban J connectivity index is 2.17. The van der Waals surface area contributed by atoms with Gasteiger partial charge in [-0.25, -0.2) is 0 Å². The van der Waals surface area contributed by atoms with Gasteiger partial charge in [0.05, 0.1) is 0 Å².